The molecule has 0 heterocycles. The van der Waals surface area contributed by atoms with Crippen LogP contribution in [0.3, 0.4) is 0 Å². The highest BCUT2D eigenvalue weighted by molar-refractivity contribution is 5.56. The standard InChI is InChI=1S/C9H13NO2/c1-6-2-3-7(4-11)9(10)8(6)5-12/h2-3,11-12H,4-5,10H2,1H3. The van der Waals surface area contributed by atoms with Crippen molar-refractivity contribution in [2.75, 3.05) is 5.73 Å². The fourth-order valence-corrected chi connectivity index (χ4v) is 1.17. The Kier molecular flexibility index (Phi) is 2.68. The molecule has 0 bridgehead atoms. The molecule has 66 valence electrons. The number of aryl methyl sites for hydroxylation is 1. The van der Waals surface area contributed by atoms with E-state index in [2.05, 4.69) is 0 Å². The maximum Gasteiger partial charge on any atom is 0.0704 e. The van der Waals surface area contributed by atoms with Gasteiger partial charge in [-0.15, -0.1) is 0 Å². The summed E-state index contributed by atoms with van der Waals surface area (Å²) >= 11 is 0. The number of nitrogens with two attached hydrogens (primary N) is 1. The molecule has 1 aromatic rings. The summed E-state index contributed by atoms with van der Waals surface area (Å²) in [5, 5.41) is 17.8. The Balaban J connectivity index is 3.24. The summed E-state index contributed by atoms with van der Waals surface area (Å²) in [6, 6.07) is 3.61. The van der Waals surface area contributed by atoms with Crippen molar-refractivity contribution in [2.45, 2.75) is 20.1 Å². The van der Waals surface area contributed by atoms with Gasteiger partial charge in [-0.25, -0.2) is 0 Å². The van der Waals surface area contributed by atoms with Gasteiger partial charge in [0.25, 0.3) is 0 Å². The van der Waals surface area contributed by atoms with Crippen LogP contribution in [-0.2, 0) is 13.2 Å². The molecule has 0 aliphatic heterocycles. The number of aliphatic hydroxyl groups is 2. The lowest BCUT2D eigenvalue weighted by Gasteiger charge is -2.09. The molecular weight excluding hydrogens is 154 g/mol. The maximum atomic E-state index is 8.96. The molecular formula is C9H13NO2. The fourth-order valence-electron chi connectivity index (χ4n) is 1.17. The zero-order valence-corrected chi connectivity index (χ0v) is 7.04. The Hall–Kier alpha value is -1.06. The van der Waals surface area contributed by atoms with Crippen molar-refractivity contribution >= 4 is 5.69 Å². The maximum absolute atomic E-state index is 8.96. The van der Waals surface area contributed by atoms with Gasteiger partial charge in [-0.05, 0) is 12.5 Å². The van der Waals surface area contributed by atoms with E-state index in [1.54, 1.807) is 6.07 Å². The molecule has 0 saturated carbocycles. The van der Waals surface area contributed by atoms with E-state index in [9.17, 15) is 0 Å². The summed E-state index contributed by atoms with van der Waals surface area (Å²) in [5.74, 6) is 0. The van der Waals surface area contributed by atoms with Crippen LogP contribution in [0, 0.1) is 6.92 Å². The summed E-state index contributed by atoms with van der Waals surface area (Å²) in [7, 11) is 0. The second-order valence-corrected chi connectivity index (χ2v) is 2.75. The van der Waals surface area contributed by atoms with Crippen LogP contribution >= 0.6 is 0 Å². The molecule has 0 unspecified atom stereocenters. The second kappa shape index (κ2) is 3.56. The van der Waals surface area contributed by atoms with Crippen LogP contribution in [0.15, 0.2) is 12.1 Å². The highest BCUT2D eigenvalue weighted by Gasteiger charge is 2.05. The van der Waals surface area contributed by atoms with E-state index in [1.165, 1.54) is 0 Å². The first-order valence-electron chi connectivity index (χ1n) is 3.79. The van der Waals surface area contributed by atoms with Gasteiger partial charge in [0.05, 0.1) is 13.2 Å². The third-order valence-corrected chi connectivity index (χ3v) is 2.01. The summed E-state index contributed by atoms with van der Waals surface area (Å²) in [4.78, 5) is 0. The van der Waals surface area contributed by atoms with Crippen LogP contribution in [0.4, 0.5) is 5.69 Å². The molecule has 0 radical (unpaired) electrons. The third kappa shape index (κ3) is 1.42. The van der Waals surface area contributed by atoms with E-state index in [0.717, 1.165) is 5.56 Å². The van der Waals surface area contributed by atoms with E-state index >= 15 is 0 Å². The smallest absolute Gasteiger partial charge is 0.0704 e. The van der Waals surface area contributed by atoms with Crippen molar-refractivity contribution in [1.82, 2.24) is 0 Å². The number of aliphatic hydroxyl groups excluding tert-OH is 2. The van der Waals surface area contributed by atoms with Crippen molar-refractivity contribution in [3.63, 3.8) is 0 Å². The Labute approximate surface area is 71.5 Å². The Bertz CT molecular complexity index is 284. The van der Waals surface area contributed by atoms with Crippen molar-refractivity contribution < 1.29 is 10.2 Å². The average Bonchev–Trinajstić information content (AvgIpc) is 2.06. The largest absolute Gasteiger partial charge is 0.398 e. The summed E-state index contributed by atoms with van der Waals surface area (Å²) < 4.78 is 0. The molecule has 0 aliphatic carbocycles. The van der Waals surface area contributed by atoms with Gasteiger partial charge in [-0.2, -0.15) is 0 Å². The lowest BCUT2D eigenvalue weighted by molar-refractivity contribution is 0.276. The number of benzene rings is 1. The highest BCUT2D eigenvalue weighted by atomic mass is 16.3. The molecule has 3 nitrogen and oxygen atoms in total. The van der Waals surface area contributed by atoms with E-state index in [1.807, 2.05) is 13.0 Å². The normalized spacial score (nSPS) is 10.2. The molecule has 0 amide bonds. The molecule has 0 aromatic heterocycles. The van der Waals surface area contributed by atoms with E-state index < -0.39 is 0 Å². The van der Waals surface area contributed by atoms with Gasteiger partial charge in [-0.3, -0.25) is 0 Å². The van der Waals surface area contributed by atoms with Crippen LogP contribution in [0.5, 0.6) is 0 Å². The number of rotatable bonds is 2. The van der Waals surface area contributed by atoms with Gasteiger partial charge in [0.15, 0.2) is 0 Å². The Morgan fingerprint density at radius 3 is 2.42 bits per heavy atom. The summed E-state index contributed by atoms with van der Waals surface area (Å²) in [6.07, 6.45) is 0. The average molecular weight is 167 g/mol. The molecule has 0 spiro atoms. The van der Waals surface area contributed by atoms with Crippen molar-refractivity contribution in [1.29, 1.82) is 0 Å². The first kappa shape index (κ1) is 9.03. The molecule has 0 fully saturated rings. The van der Waals surface area contributed by atoms with Crippen LogP contribution < -0.4 is 5.73 Å². The Morgan fingerprint density at radius 2 is 1.92 bits per heavy atom. The molecule has 1 rings (SSSR count). The summed E-state index contributed by atoms with van der Waals surface area (Å²) in [5.41, 5.74) is 8.52. The van der Waals surface area contributed by atoms with Gasteiger partial charge in [-0.1, -0.05) is 12.1 Å². The van der Waals surface area contributed by atoms with Gasteiger partial charge < -0.3 is 15.9 Å². The molecule has 12 heavy (non-hydrogen) atoms. The number of anilines is 1. The van der Waals surface area contributed by atoms with Crippen LogP contribution in [0.25, 0.3) is 0 Å². The number of nitrogen functional groups attached to an aromatic ring is 1. The van der Waals surface area contributed by atoms with E-state index in [0.29, 0.717) is 16.8 Å². The zero-order valence-electron chi connectivity index (χ0n) is 7.04. The molecule has 4 N–H and O–H groups in total. The third-order valence-electron chi connectivity index (χ3n) is 2.01. The topological polar surface area (TPSA) is 66.5 Å². The fraction of sp³-hybridized carbons (Fsp3) is 0.333. The first-order chi connectivity index (χ1) is 5.70. The monoisotopic (exact) mass is 167 g/mol. The van der Waals surface area contributed by atoms with Gasteiger partial charge in [0.1, 0.15) is 0 Å². The highest BCUT2D eigenvalue weighted by Crippen LogP contribution is 2.21. The quantitative estimate of drug-likeness (QED) is 0.564. The molecule has 1 aromatic carbocycles. The molecule has 0 saturated heterocycles. The number of hydrogen-bond acceptors (Lipinski definition) is 3. The predicted octanol–water partition coefficient (Wildman–Crippen LogP) is 0.562. The lowest BCUT2D eigenvalue weighted by Crippen LogP contribution is -2.02. The minimum Gasteiger partial charge on any atom is -0.398 e. The van der Waals surface area contributed by atoms with E-state index in [4.69, 9.17) is 15.9 Å². The van der Waals surface area contributed by atoms with Crippen LogP contribution in [0.2, 0.25) is 0 Å². The lowest BCUT2D eigenvalue weighted by atomic mass is 10.0. The minimum atomic E-state index is -0.0842. The van der Waals surface area contributed by atoms with E-state index in [-0.39, 0.29) is 13.2 Å². The van der Waals surface area contributed by atoms with Gasteiger partial charge >= 0.3 is 0 Å². The molecule has 3 heteroatoms. The van der Waals surface area contributed by atoms with Gasteiger partial charge in [0.2, 0.25) is 0 Å². The molecule has 0 aliphatic rings. The molecule has 0 atom stereocenters. The van der Waals surface area contributed by atoms with Crippen molar-refractivity contribution in [3.8, 4) is 0 Å². The predicted molar refractivity (Wildman–Crippen MR) is 47.4 cm³/mol. The summed E-state index contributed by atoms with van der Waals surface area (Å²) in [6.45, 7) is 1.72. The Morgan fingerprint density at radius 1 is 1.25 bits per heavy atom. The van der Waals surface area contributed by atoms with Crippen LogP contribution in [0.1, 0.15) is 16.7 Å². The number of hydrogen-bond donors (Lipinski definition) is 3. The first-order valence-corrected chi connectivity index (χ1v) is 3.79. The van der Waals surface area contributed by atoms with Crippen LogP contribution in [-0.4, -0.2) is 10.2 Å². The SMILES string of the molecule is Cc1ccc(CO)c(N)c1CO. The zero-order chi connectivity index (χ0) is 9.14. The second-order valence-electron chi connectivity index (χ2n) is 2.75. The minimum absolute atomic E-state index is 0.0779. The van der Waals surface area contributed by atoms with Crippen molar-refractivity contribution in [2.24, 2.45) is 0 Å². The van der Waals surface area contributed by atoms with Crippen molar-refractivity contribution in [3.05, 3.63) is 28.8 Å². The van der Waals surface area contributed by atoms with Gasteiger partial charge in [0, 0.05) is 16.8 Å².